The second kappa shape index (κ2) is 2.32. The first-order valence-corrected chi connectivity index (χ1v) is 4.09. The molecule has 1 N–H and O–H groups in total. The molecule has 1 amide bonds. The van der Waals surface area contributed by atoms with Gasteiger partial charge in [0.15, 0.2) is 5.78 Å². The van der Waals surface area contributed by atoms with Gasteiger partial charge >= 0.3 is 0 Å². The number of nitrogens with one attached hydrogen (secondary N) is 1. The molecule has 1 aliphatic heterocycles. The molecule has 3 nitrogen and oxygen atoms in total. The van der Waals surface area contributed by atoms with E-state index in [-0.39, 0.29) is 17.7 Å². The Balaban J connectivity index is 2.15. The van der Waals surface area contributed by atoms with Gasteiger partial charge in [0.2, 0.25) is 5.91 Å². The van der Waals surface area contributed by atoms with Crippen LogP contribution in [-0.2, 0) is 9.59 Å². The smallest absolute Gasteiger partial charge is 0.220 e. The summed E-state index contributed by atoms with van der Waals surface area (Å²) in [5.74, 6) is 0.589. The highest BCUT2D eigenvalue weighted by molar-refractivity contribution is 5.93. The molecule has 2 fully saturated rings. The minimum atomic E-state index is -0.128. The van der Waals surface area contributed by atoms with Gasteiger partial charge in [0, 0.05) is 12.8 Å². The maximum atomic E-state index is 11.2. The van der Waals surface area contributed by atoms with Crippen LogP contribution in [0.25, 0.3) is 0 Å². The molecule has 2 rings (SSSR count). The van der Waals surface area contributed by atoms with Crippen LogP contribution in [0.4, 0.5) is 0 Å². The Kier molecular flexibility index (Phi) is 1.44. The van der Waals surface area contributed by atoms with Crippen molar-refractivity contribution >= 4 is 11.7 Å². The number of hydrogen-bond donors (Lipinski definition) is 1. The van der Waals surface area contributed by atoms with Gasteiger partial charge in [0.1, 0.15) is 0 Å². The SMILES string of the molecule is O=C1C[C@H]2CCCC(=O)[C@H]2N1. The van der Waals surface area contributed by atoms with Gasteiger partial charge in [-0.2, -0.15) is 0 Å². The summed E-state index contributed by atoms with van der Waals surface area (Å²) < 4.78 is 0. The molecule has 0 unspecified atom stereocenters. The zero-order chi connectivity index (χ0) is 7.84. The second-order valence-electron chi connectivity index (χ2n) is 3.37. The normalized spacial score (nSPS) is 36.7. The molecule has 2 aliphatic rings. The average molecular weight is 153 g/mol. The maximum absolute atomic E-state index is 11.2. The van der Waals surface area contributed by atoms with E-state index in [1.165, 1.54) is 0 Å². The molecule has 0 aromatic heterocycles. The summed E-state index contributed by atoms with van der Waals surface area (Å²) in [5.41, 5.74) is 0. The quantitative estimate of drug-likeness (QED) is 0.542. The summed E-state index contributed by atoms with van der Waals surface area (Å²) in [6.07, 6.45) is 3.22. The number of hydrogen-bond acceptors (Lipinski definition) is 2. The summed E-state index contributed by atoms with van der Waals surface area (Å²) in [5, 5.41) is 2.72. The number of amides is 1. The standard InChI is InChI=1S/C8H11NO2/c10-6-3-1-2-5-4-7(11)9-8(5)6/h5,8H,1-4H2,(H,9,11)/t5-,8+/m1/s1. The highest BCUT2D eigenvalue weighted by atomic mass is 16.2. The van der Waals surface area contributed by atoms with Gasteiger partial charge in [-0.3, -0.25) is 9.59 Å². The summed E-state index contributed by atoms with van der Waals surface area (Å²) in [6, 6.07) is -0.128. The first-order chi connectivity index (χ1) is 5.27. The second-order valence-corrected chi connectivity index (χ2v) is 3.37. The Bertz CT molecular complexity index is 212. The minimum absolute atomic E-state index is 0.0512. The lowest BCUT2D eigenvalue weighted by Crippen LogP contribution is -2.39. The highest BCUT2D eigenvalue weighted by Crippen LogP contribution is 2.28. The molecule has 1 saturated carbocycles. The summed E-state index contributed by atoms with van der Waals surface area (Å²) in [6.45, 7) is 0. The molecule has 0 radical (unpaired) electrons. The van der Waals surface area contributed by atoms with Gasteiger partial charge in [-0.1, -0.05) is 0 Å². The number of Topliss-reactive ketones (excluding diaryl/α,β-unsaturated/α-hetero) is 1. The topological polar surface area (TPSA) is 46.2 Å². The number of ketones is 1. The molecular formula is C8H11NO2. The largest absolute Gasteiger partial charge is 0.346 e. The Labute approximate surface area is 65.2 Å². The third kappa shape index (κ3) is 1.04. The van der Waals surface area contributed by atoms with Crippen molar-refractivity contribution in [2.24, 2.45) is 5.92 Å². The predicted molar refractivity (Wildman–Crippen MR) is 38.9 cm³/mol. The summed E-state index contributed by atoms with van der Waals surface area (Å²) in [4.78, 5) is 22.1. The molecule has 1 saturated heterocycles. The molecular weight excluding hydrogens is 142 g/mol. The van der Waals surface area contributed by atoms with Crippen molar-refractivity contribution in [1.82, 2.24) is 5.32 Å². The Morgan fingerprint density at radius 2 is 2.18 bits per heavy atom. The van der Waals surface area contributed by atoms with E-state index >= 15 is 0 Å². The Hall–Kier alpha value is -0.860. The number of carbonyl (C=O) groups excluding carboxylic acids is 2. The predicted octanol–water partition coefficient (Wildman–Crippen LogP) is 0.244. The van der Waals surface area contributed by atoms with Gasteiger partial charge in [-0.25, -0.2) is 0 Å². The van der Waals surface area contributed by atoms with Gasteiger partial charge in [-0.05, 0) is 18.8 Å². The van der Waals surface area contributed by atoms with Crippen LogP contribution >= 0.6 is 0 Å². The van der Waals surface area contributed by atoms with Crippen molar-refractivity contribution in [3.05, 3.63) is 0 Å². The van der Waals surface area contributed by atoms with Crippen molar-refractivity contribution in [1.29, 1.82) is 0 Å². The fourth-order valence-electron chi connectivity index (χ4n) is 2.01. The van der Waals surface area contributed by atoms with Crippen molar-refractivity contribution in [3.63, 3.8) is 0 Å². The number of carbonyl (C=O) groups is 2. The van der Waals surface area contributed by atoms with Gasteiger partial charge in [-0.15, -0.1) is 0 Å². The van der Waals surface area contributed by atoms with Crippen LogP contribution in [0.5, 0.6) is 0 Å². The zero-order valence-corrected chi connectivity index (χ0v) is 6.30. The number of rotatable bonds is 0. The van der Waals surface area contributed by atoms with Gasteiger partial charge in [0.25, 0.3) is 0 Å². The fraction of sp³-hybridized carbons (Fsp3) is 0.750. The molecule has 1 heterocycles. The molecule has 0 aromatic carbocycles. The molecule has 1 aliphatic carbocycles. The highest BCUT2D eigenvalue weighted by Gasteiger charge is 2.38. The van der Waals surface area contributed by atoms with E-state index in [0.717, 1.165) is 12.8 Å². The van der Waals surface area contributed by atoms with E-state index in [0.29, 0.717) is 18.8 Å². The molecule has 3 heteroatoms. The van der Waals surface area contributed by atoms with Gasteiger partial charge in [0.05, 0.1) is 6.04 Å². The number of fused-ring (bicyclic) bond motifs is 1. The summed E-state index contributed by atoms with van der Waals surface area (Å²) >= 11 is 0. The minimum Gasteiger partial charge on any atom is -0.346 e. The van der Waals surface area contributed by atoms with E-state index < -0.39 is 0 Å². The van der Waals surface area contributed by atoms with Crippen LogP contribution in [0.15, 0.2) is 0 Å². The fourth-order valence-corrected chi connectivity index (χ4v) is 2.01. The maximum Gasteiger partial charge on any atom is 0.220 e. The third-order valence-electron chi connectivity index (χ3n) is 2.58. The first kappa shape index (κ1) is 6.83. The molecule has 60 valence electrons. The summed E-state index contributed by atoms with van der Waals surface area (Å²) in [7, 11) is 0. The molecule has 0 spiro atoms. The van der Waals surface area contributed by atoms with Crippen LogP contribution in [0.3, 0.4) is 0 Å². The van der Waals surface area contributed by atoms with E-state index in [2.05, 4.69) is 5.32 Å². The van der Waals surface area contributed by atoms with Crippen LogP contribution in [-0.4, -0.2) is 17.7 Å². The molecule has 2 atom stereocenters. The van der Waals surface area contributed by atoms with Crippen LogP contribution in [0.2, 0.25) is 0 Å². The van der Waals surface area contributed by atoms with Crippen LogP contribution < -0.4 is 5.32 Å². The Morgan fingerprint density at radius 3 is 2.91 bits per heavy atom. The average Bonchev–Trinajstić information content (AvgIpc) is 2.31. The van der Waals surface area contributed by atoms with E-state index in [1.54, 1.807) is 0 Å². The van der Waals surface area contributed by atoms with Crippen LogP contribution in [0.1, 0.15) is 25.7 Å². The lowest BCUT2D eigenvalue weighted by Gasteiger charge is -2.22. The van der Waals surface area contributed by atoms with Crippen LogP contribution in [0, 0.1) is 5.92 Å². The first-order valence-electron chi connectivity index (χ1n) is 4.09. The zero-order valence-electron chi connectivity index (χ0n) is 6.30. The van der Waals surface area contributed by atoms with Crippen molar-refractivity contribution in [2.75, 3.05) is 0 Å². The van der Waals surface area contributed by atoms with E-state index in [4.69, 9.17) is 0 Å². The van der Waals surface area contributed by atoms with Gasteiger partial charge < -0.3 is 5.32 Å². The van der Waals surface area contributed by atoms with E-state index in [9.17, 15) is 9.59 Å². The lowest BCUT2D eigenvalue weighted by molar-refractivity contribution is -0.125. The lowest BCUT2D eigenvalue weighted by atomic mass is 9.85. The van der Waals surface area contributed by atoms with E-state index in [1.807, 2.05) is 0 Å². The van der Waals surface area contributed by atoms with Crippen molar-refractivity contribution in [3.8, 4) is 0 Å². The third-order valence-corrected chi connectivity index (χ3v) is 2.58. The van der Waals surface area contributed by atoms with Crippen molar-refractivity contribution < 1.29 is 9.59 Å². The molecule has 0 bridgehead atoms. The van der Waals surface area contributed by atoms with Crippen molar-refractivity contribution in [2.45, 2.75) is 31.7 Å². The monoisotopic (exact) mass is 153 g/mol. The molecule has 11 heavy (non-hydrogen) atoms. The Morgan fingerprint density at radius 1 is 1.36 bits per heavy atom. The molecule has 0 aromatic rings.